The Bertz CT molecular complexity index is 1460. The molecule has 2 aromatic rings. The minimum atomic E-state index is -3.02. The molecule has 0 unspecified atom stereocenters. The van der Waals surface area contributed by atoms with E-state index in [0.29, 0.717) is 30.4 Å². The quantitative estimate of drug-likeness (QED) is 0.357. The van der Waals surface area contributed by atoms with Crippen molar-refractivity contribution < 1.29 is 23.3 Å². The first-order valence-corrected chi connectivity index (χ1v) is 18.5. The van der Waals surface area contributed by atoms with Crippen LogP contribution in [0.25, 0.3) is 0 Å². The third-order valence-corrected chi connectivity index (χ3v) is 12.5. The van der Waals surface area contributed by atoms with Gasteiger partial charge >= 0.3 is 0 Å². The van der Waals surface area contributed by atoms with Crippen LogP contribution in [-0.2, 0) is 31.1 Å². The van der Waals surface area contributed by atoms with Gasteiger partial charge in [-0.2, -0.15) is 4.36 Å². The molecule has 2 heterocycles. The molecule has 0 fully saturated rings. The second-order valence-corrected chi connectivity index (χ2v) is 15.6. The Kier molecular flexibility index (Phi) is 10.5. The van der Waals surface area contributed by atoms with E-state index in [9.17, 15) is 13.8 Å². The van der Waals surface area contributed by atoms with Gasteiger partial charge < -0.3 is 14.4 Å². The molecule has 0 N–H and O–H groups in total. The van der Waals surface area contributed by atoms with E-state index in [4.69, 9.17) is 9.47 Å². The predicted molar refractivity (Wildman–Crippen MR) is 177 cm³/mol. The third-order valence-electron chi connectivity index (χ3n) is 10.3. The maximum Gasteiger partial charge on any atom is 0.285 e. The van der Waals surface area contributed by atoms with Crippen LogP contribution >= 0.6 is 0 Å². The van der Waals surface area contributed by atoms with Crippen LogP contribution in [0, 0.1) is 11.8 Å². The first kappa shape index (κ1) is 32.7. The lowest BCUT2D eigenvalue weighted by molar-refractivity contribution is -0.116. The molecule has 2 bridgehead atoms. The number of benzene rings is 2. The smallest absolute Gasteiger partial charge is 0.285 e. The first-order valence-electron chi connectivity index (χ1n) is 16.6. The summed E-state index contributed by atoms with van der Waals surface area (Å²) in [6.45, 7) is 8.51. The molecule has 2 aromatic carbocycles. The number of nitrogens with zero attached hydrogens (tertiary/aromatic N) is 2. The normalized spacial score (nSPS) is 29.7. The number of carbonyl (C=O) groups is 2. The van der Waals surface area contributed by atoms with Gasteiger partial charge in [-0.3, -0.25) is 9.59 Å². The van der Waals surface area contributed by atoms with E-state index in [1.165, 1.54) is 11.1 Å². The van der Waals surface area contributed by atoms with E-state index < -0.39 is 15.6 Å². The number of Topliss-reactive ketones (excluding diaryl/α,β-unsaturated/α-hetero) is 1. The van der Waals surface area contributed by atoms with E-state index >= 15 is 0 Å². The molecular weight excluding hydrogens is 572 g/mol. The summed E-state index contributed by atoms with van der Waals surface area (Å²) >= 11 is 0. The Morgan fingerprint density at radius 1 is 1.14 bits per heavy atom. The number of hydrogen-bond donors (Lipinski definition) is 0. The maximum absolute atomic E-state index is 14.0. The number of aryl methyl sites for hydroxylation is 1. The molecule has 1 amide bonds. The van der Waals surface area contributed by atoms with E-state index in [1.807, 2.05) is 19.2 Å². The lowest BCUT2D eigenvalue weighted by Crippen LogP contribution is -2.47. The maximum atomic E-state index is 14.0. The number of amides is 1. The minimum absolute atomic E-state index is 0.114. The molecule has 2 aliphatic heterocycles. The van der Waals surface area contributed by atoms with Crippen molar-refractivity contribution in [1.29, 1.82) is 0 Å². The van der Waals surface area contributed by atoms with Crippen LogP contribution in [0.1, 0.15) is 93.6 Å². The topological polar surface area (TPSA) is 85.3 Å². The summed E-state index contributed by atoms with van der Waals surface area (Å²) in [4.78, 5) is 28.5. The minimum Gasteiger partial charge on any atom is -0.490 e. The molecule has 3 aliphatic rings. The molecule has 0 radical (unpaired) electrons. The van der Waals surface area contributed by atoms with E-state index in [-0.39, 0.29) is 35.2 Å². The van der Waals surface area contributed by atoms with Crippen molar-refractivity contribution in [2.24, 2.45) is 16.2 Å². The molecule has 8 heteroatoms. The third kappa shape index (κ3) is 7.07. The molecule has 5 atom stereocenters. The van der Waals surface area contributed by atoms with Crippen LogP contribution < -0.4 is 9.64 Å². The fourth-order valence-electron chi connectivity index (χ4n) is 7.62. The van der Waals surface area contributed by atoms with Gasteiger partial charge in [0.05, 0.1) is 33.9 Å². The van der Waals surface area contributed by atoms with Crippen molar-refractivity contribution in [3.05, 3.63) is 59.2 Å². The fourth-order valence-corrected chi connectivity index (χ4v) is 9.69. The number of anilines is 1. The largest absolute Gasteiger partial charge is 0.490 e. The van der Waals surface area contributed by atoms with Crippen LogP contribution in [-0.4, -0.2) is 60.3 Å². The molecule has 1 aliphatic carbocycles. The summed E-state index contributed by atoms with van der Waals surface area (Å²) in [5.41, 5.74) is 3.87. The van der Waals surface area contributed by atoms with Gasteiger partial charge in [0.1, 0.15) is 11.5 Å². The highest BCUT2D eigenvalue weighted by Gasteiger charge is 2.42. The molecular formula is C36H50N2O5S. The Labute approximate surface area is 264 Å². The molecule has 1 spiro atoms. The fraction of sp³-hybridized carbons (Fsp3) is 0.611. The average Bonchev–Trinajstić information content (AvgIpc) is 3.17. The van der Waals surface area contributed by atoms with Crippen molar-refractivity contribution in [1.82, 2.24) is 0 Å². The Hall–Kier alpha value is -2.71. The van der Waals surface area contributed by atoms with Gasteiger partial charge in [0.25, 0.3) is 5.91 Å². The highest BCUT2D eigenvalue weighted by Crippen LogP contribution is 2.45. The predicted octanol–water partition coefficient (Wildman–Crippen LogP) is 7.00. The lowest BCUT2D eigenvalue weighted by Gasteiger charge is -2.42. The van der Waals surface area contributed by atoms with E-state index in [0.717, 1.165) is 69.5 Å². The van der Waals surface area contributed by atoms with Gasteiger partial charge in [-0.15, -0.1) is 0 Å². The number of ketones is 1. The van der Waals surface area contributed by atoms with Gasteiger partial charge in [0.15, 0.2) is 0 Å². The zero-order valence-electron chi connectivity index (χ0n) is 27.0. The molecule has 240 valence electrons. The molecule has 7 nitrogen and oxygen atoms in total. The monoisotopic (exact) mass is 622 g/mol. The highest BCUT2D eigenvalue weighted by atomic mass is 32.2. The van der Waals surface area contributed by atoms with Crippen LogP contribution in [0.4, 0.5) is 5.69 Å². The molecule has 0 saturated carbocycles. The summed E-state index contributed by atoms with van der Waals surface area (Å²) in [7, 11) is -1.20. The highest BCUT2D eigenvalue weighted by molar-refractivity contribution is 7.94. The van der Waals surface area contributed by atoms with Gasteiger partial charge in [0.2, 0.25) is 0 Å². The van der Waals surface area contributed by atoms with Gasteiger partial charge in [-0.25, -0.2) is 4.21 Å². The Morgan fingerprint density at radius 3 is 2.73 bits per heavy atom. The Morgan fingerprint density at radius 2 is 1.95 bits per heavy atom. The number of methoxy groups -OCH3 is 1. The zero-order chi connectivity index (χ0) is 31.3. The average molecular weight is 623 g/mol. The standard InChI is InChI=1S/C36H50N2O5S/c1-5-27-22-38-24-36(19-12-14-28-13-9-10-15-31(28)36)25-43-34-18-17-29(21-32(34)38)35(40)37-44(41,23-30(39)6-2)20-11-7-8-16-33(42-4)26(27)3/h9-10,13,15,17-18,21,26-27,33H,5-8,11-12,14,16,19-20,22-25H2,1-4H3/t26-,27+,33+,36+,44-/m1/s1. The summed E-state index contributed by atoms with van der Waals surface area (Å²) in [5.74, 6) is 0.888. The zero-order valence-corrected chi connectivity index (χ0v) is 27.8. The van der Waals surface area contributed by atoms with Crippen molar-refractivity contribution in [3.8, 4) is 5.75 Å². The van der Waals surface area contributed by atoms with Crippen LogP contribution in [0.2, 0.25) is 0 Å². The number of fused-ring (bicyclic) bond motifs is 3. The van der Waals surface area contributed by atoms with Crippen molar-refractivity contribution >= 4 is 27.1 Å². The molecule has 44 heavy (non-hydrogen) atoms. The van der Waals surface area contributed by atoms with Crippen LogP contribution in [0.3, 0.4) is 0 Å². The van der Waals surface area contributed by atoms with E-state index in [2.05, 4.69) is 47.4 Å². The van der Waals surface area contributed by atoms with Gasteiger partial charge in [-0.05, 0) is 73.3 Å². The van der Waals surface area contributed by atoms with Crippen LogP contribution in [0.15, 0.2) is 46.8 Å². The SMILES string of the molecule is CCC(=O)C[S@@]1(=O)=NC(=O)c2ccc3c(c2)N(C[C@H](CC)[C@@H](C)[C@@H](OC)CCCCC1)C[C@@]1(CCCc2ccccc21)CO3. The van der Waals surface area contributed by atoms with Crippen LogP contribution in [0.5, 0.6) is 5.75 Å². The number of rotatable bonds is 5. The summed E-state index contributed by atoms with van der Waals surface area (Å²) in [6, 6.07) is 14.3. The Balaban J connectivity index is 1.61. The number of ether oxygens (including phenoxy) is 2. The summed E-state index contributed by atoms with van der Waals surface area (Å²) < 4.78 is 31.0. The second kappa shape index (κ2) is 14.2. The summed E-state index contributed by atoms with van der Waals surface area (Å²) in [6.07, 6.45) is 8.00. The molecule has 5 rings (SSSR count). The van der Waals surface area contributed by atoms with Gasteiger partial charge in [0, 0.05) is 43.4 Å². The van der Waals surface area contributed by atoms with Gasteiger partial charge in [-0.1, -0.05) is 64.3 Å². The molecule has 0 saturated heterocycles. The number of hydrogen-bond acceptors (Lipinski definition) is 6. The van der Waals surface area contributed by atoms with Crippen molar-refractivity contribution in [2.45, 2.75) is 90.1 Å². The number of carbonyl (C=O) groups excluding carboxylic acids is 2. The van der Waals surface area contributed by atoms with E-state index in [1.54, 1.807) is 13.0 Å². The second-order valence-electron chi connectivity index (χ2n) is 13.2. The van der Waals surface area contributed by atoms with Crippen molar-refractivity contribution in [2.75, 3.05) is 43.2 Å². The summed E-state index contributed by atoms with van der Waals surface area (Å²) in [5, 5.41) is 0. The van der Waals surface area contributed by atoms with Crippen molar-refractivity contribution in [3.63, 3.8) is 0 Å². The first-order chi connectivity index (χ1) is 21.2. The lowest BCUT2D eigenvalue weighted by atomic mass is 9.70. The molecule has 0 aromatic heterocycles.